The van der Waals surface area contributed by atoms with Gasteiger partial charge in [-0.05, 0) is 25.1 Å². The van der Waals surface area contributed by atoms with Gasteiger partial charge >= 0.3 is 0 Å². The molecule has 2 rings (SSSR count). The predicted octanol–water partition coefficient (Wildman–Crippen LogP) is 1.94. The number of sulfonamides is 1. The van der Waals surface area contributed by atoms with Crippen molar-refractivity contribution in [3.8, 4) is 6.07 Å². The van der Waals surface area contributed by atoms with E-state index in [1.807, 2.05) is 0 Å². The predicted molar refractivity (Wildman–Crippen MR) is 72.0 cm³/mol. The first-order valence-corrected chi connectivity index (χ1v) is 7.88. The topological polar surface area (TPSA) is 82.8 Å². The number of nitrogens with zero attached hydrogens (tertiary/aromatic N) is 2. The highest BCUT2D eigenvalue weighted by molar-refractivity contribution is 7.89. The van der Waals surface area contributed by atoms with Crippen LogP contribution in [-0.4, -0.2) is 13.4 Å². The summed E-state index contributed by atoms with van der Waals surface area (Å²) in [5, 5.41) is 8.71. The molecule has 0 amide bonds. The third kappa shape index (κ3) is 3.01. The number of hydrogen-bond donors (Lipinski definition) is 1. The molecule has 1 heterocycles. The maximum atomic E-state index is 13.2. The lowest BCUT2D eigenvalue weighted by atomic mass is 10.2. The highest BCUT2D eigenvalue weighted by Gasteiger charge is 2.17. The minimum absolute atomic E-state index is 0.109. The van der Waals surface area contributed by atoms with Crippen LogP contribution in [0, 0.1) is 24.1 Å². The SMILES string of the molecule is Cc1ncsc1CNS(=O)(=O)c1ccc(F)c(C#N)c1. The van der Waals surface area contributed by atoms with Gasteiger partial charge in [-0.1, -0.05) is 0 Å². The van der Waals surface area contributed by atoms with Crippen molar-refractivity contribution < 1.29 is 12.8 Å². The number of nitrogens with one attached hydrogen (secondary N) is 1. The first-order valence-electron chi connectivity index (χ1n) is 5.52. The van der Waals surface area contributed by atoms with Crippen LogP contribution in [0.2, 0.25) is 0 Å². The summed E-state index contributed by atoms with van der Waals surface area (Å²) in [4.78, 5) is 4.68. The molecule has 0 aliphatic carbocycles. The first-order chi connectivity index (χ1) is 9.44. The van der Waals surface area contributed by atoms with Crippen LogP contribution in [0.1, 0.15) is 16.1 Å². The van der Waals surface area contributed by atoms with Crippen molar-refractivity contribution in [1.82, 2.24) is 9.71 Å². The number of hydrogen-bond acceptors (Lipinski definition) is 5. The quantitative estimate of drug-likeness (QED) is 0.935. The zero-order valence-corrected chi connectivity index (χ0v) is 12.1. The van der Waals surface area contributed by atoms with Gasteiger partial charge in [0.05, 0.1) is 21.7 Å². The zero-order chi connectivity index (χ0) is 14.8. The molecule has 0 bridgehead atoms. The molecule has 1 N–H and O–H groups in total. The zero-order valence-electron chi connectivity index (χ0n) is 10.4. The summed E-state index contributed by atoms with van der Waals surface area (Å²) in [5.74, 6) is -0.746. The first kappa shape index (κ1) is 14.6. The Bertz CT molecular complexity index is 778. The van der Waals surface area contributed by atoms with Crippen molar-refractivity contribution in [3.63, 3.8) is 0 Å². The number of rotatable bonds is 4. The summed E-state index contributed by atoms with van der Waals surface area (Å²) in [7, 11) is -3.79. The van der Waals surface area contributed by atoms with Gasteiger partial charge in [0, 0.05) is 11.4 Å². The maximum Gasteiger partial charge on any atom is 0.240 e. The van der Waals surface area contributed by atoms with Crippen molar-refractivity contribution in [2.45, 2.75) is 18.4 Å². The van der Waals surface area contributed by atoms with E-state index in [0.717, 1.165) is 28.8 Å². The fourth-order valence-electron chi connectivity index (χ4n) is 1.50. The Kier molecular flexibility index (Phi) is 4.13. The summed E-state index contributed by atoms with van der Waals surface area (Å²) in [6.07, 6.45) is 0. The van der Waals surface area contributed by atoms with Crippen molar-refractivity contribution in [3.05, 3.63) is 45.7 Å². The van der Waals surface area contributed by atoms with Gasteiger partial charge in [-0.25, -0.2) is 22.5 Å². The monoisotopic (exact) mass is 311 g/mol. The van der Waals surface area contributed by atoms with Crippen molar-refractivity contribution in [2.24, 2.45) is 0 Å². The van der Waals surface area contributed by atoms with E-state index in [2.05, 4.69) is 9.71 Å². The molecule has 0 aliphatic rings. The molecule has 104 valence electrons. The average molecular weight is 311 g/mol. The molecule has 0 spiro atoms. The van der Waals surface area contributed by atoms with Gasteiger partial charge in [0.1, 0.15) is 11.9 Å². The van der Waals surface area contributed by atoms with Gasteiger partial charge in [0.25, 0.3) is 0 Å². The Balaban J connectivity index is 2.23. The lowest BCUT2D eigenvalue weighted by Crippen LogP contribution is -2.23. The minimum atomic E-state index is -3.79. The van der Waals surface area contributed by atoms with E-state index < -0.39 is 15.8 Å². The molecule has 0 aliphatic heterocycles. The highest BCUT2D eigenvalue weighted by Crippen LogP contribution is 2.16. The molecule has 0 radical (unpaired) electrons. The smallest absolute Gasteiger partial charge is 0.240 e. The van der Waals surface area contributed by atoms with Crippen molar-refractivity contribution in [2.75, 3.05) is 0 Å². The minimum Gasteiger partial charge on any atom is -0.250 e. The Labute approximate surface area is 119 Å². The Hall–Kier alpha value is -1.82. The van der Waals surface area contributed by atoms with Gasteiger partial charge in [-0.3, -0.25) is 0 Å². The van der Waals surface area contributed by atoms with Crippen LogP contribution in [0.5, 0.6) is 0 Å². The second-order valence-corrected chi connectivity index (χ2v) is 6.65. The van der Waals surface area contributed by atoms with Crippen LogP contribution < -0.4 is 4.72 Å². The lowest BCUT2D eigenvalue weighted by molar-refractivity contribution is 0.580. The number of halogens is 1. The third-order valence-electron chi connectivity index (χ3n) is 2.64. The molecule has 20 heavy (non-hydrogen) atoms. The number of nitriles is 1. The molecule has 0 atom stereocenters. The molecule has 1 aromatic carbocycles. The van der Waals surface area contributed by atoms with Crippen molar-refractivity contribution in [1.29, 1.82) is 5.26 Å². The molecule has 0 saturated carbocycles. The summed E-state index contributed by atoms with van der Waals surface area (Å²) in [6.45, 7) is 1.89. The van der Waals surface area contributed by atoms with E-state index in [1.54, 1.807) is 18.5 Å². The summed E-state index contributed by atoms with van der Waals surface area (Å²) in [6, 6.07) is 4.71. The molecule has 8 heteroatoms. The number of aryl methyl sites for hydroxylation is 1. The molecular formula is C12H10FN3O2S2. The van der Waals surface area contributed by atoms with E-state index in [1.165, 1.54) is 11.3 Å². The Morgan fingerprint density at radius 2 is 2.25 bits per heavy atom. The largest absolute Gasteiger partial charge is 0.250 e. The second-order valence-electron chi connectivity index (χ2n) is 3.94. The lowest BCUT2D eigenvalue weighted by Gasteiger charge is -2.06. The van der Waals surface area contributed by atoms with E-state index >= 15 is 0 Å². The third-order valence-corrected chi connectivity index (χ3v) is 4.97. The molecule has 0 fully saturated rings. The van der Waals surface area contributed by atoms with Crippen LogP contribution >= 0.6 is 11.3 Å². The van der Waals surface area contributed by atoms with Gasteiger partial charge in [0.2, 0.25) is 10.0 Å². The van der Waals surface area contributed by atoms with Gasteiger partial charge in [-0.2, -0.15) is 5.26 Å². The fourth-order valence-corrected chi connectivity index (χ4v) is 3.33. The van der Waals surface area contributed by atoms with Gasteiger partial charge in [0.15, 0.2) is 0 Å². The van der Waals surface area contributed by atoms with Crippen molar-refractivity contribution >= 4 is 21.4 Å². The van der Waals surface area contributed by atoms with E-state index in [9.17, 15) is 12.8 Å². The molecular weight excluding hydrogens is 301 g/mol. The van der Waals surface area contributed by atoms with Crippen LogP contribution in [0.25, 0.3) is 0 Å². The molecule has 5 nitrogen and oxygen atoms in total. The number of benzene rings is 1. The summed E-state index contributed by atoms with van der Waals surface area (Å²) in [5.41, 5.74) is 2.08. The van der Waals surface area contributed by atoms with Gasteiger partial charge in [-0.15, -0.1) is 11.3 Å². The fraction of sp³-hybridized carbons (Fsp3) is 0.167. The number of thiazole rings is 1. The Morgan fingerprint density at radius 3 is 2.85 bits per heavy atom. The van der Waals surface area contributed by atoms with Gasteiger partial charge < -0.3 is 0 Å². The molecule has 1 aromatic heterocycles. The summed E-state index contributed by atoms with van der Waals surface area (Å²) < 4.78 is 39.7. The maximum absolute atomic E-state index is 13.2. The number of aromatic nitrogens is 1. The van der Waals surface area contributed by atoms with E-state index in [4.69, 9.17) is 5.26 Å². The molecule has 2 aromatic rings. The highest BCUT2D eigenvalue weighted by atomic mass is 32.2. The normalized spacial score (nSPS) is 11.2. The standard InChI is InChI=1S/C12H10FN3O2S2/c1-8-12(19-7-15-8)6-16-20(17,18)10-2-3-11(13)9(4-10)5-14/h2-4,7,16H,6H2,1H3. The average Bonchev–Trinajstić information content (AvgIpc) is 2.82. The summed E-state index contributed by atoms with van der Waals surface area (Å²) >= 11 is 1.35. The Morgan fingerprint density at radius 1 is 1.50 bits per heavy atom. The van der Waals surface area contributed by atoms with Crippen LogP contribution in [0.15, 0.2) is 28.6 Å². The van der Waals surface area contributed by atoms with Crippen LogP contribution in [0.4, 0.5) is 4.39 Å². The van der Waals surface area contributed by atoms with Crippen LogP contribution in [-0.2, 0) is 16.6 Å². The van der Waals surface area contributed by atoms with Crippen LogP contribution in [0.3, 0.4) is 0 Å². The molecule has 0 unspecified atom stereocenters. The second kappa shape index (κ2) is 5.66. The van der Waals surface area contributed by atoms with E-state index in [-0.39, 0.29) is 17.0 Å². The van der Waals surface area contributed by atoms with E-state index in [0.29, 0.717) is 0 Å². The molecule has 0 saturated heterocycles.